The van der Waals surface area contributed by atoms with Crippen molar-refractivity contribution >= 4 is 5.69 Å². The normalized spacial score (nSPS) is 28.7. The molecule has 2 fully saturated rings. The highest BCUT2D eigenvalue weighted by Gasteiger charge is 2.38. The molecule has 5 nitrogen and oxygen atoms in total. The van der Waals surface area contributed by atoms with Crippen molar-refractivity contribution in [2.75, 3.05) is 12.4 Å². The van der Waals surface area contributed by atoms with E-state index in [1.165, 1.54) is 31.4 Å². The van der Waals surface area contributed by atoms with Gasteiger partial charge in [0, 0.05) is 23.8 Å². The standard InChI is InChI=1S/C16H21N5/c1-20-15-6-7-16(20)9-13(8-15)19-12-2-4-14(5-3-12)21-11-17-10-18-21/h2-5,10-11,13,15-16,19H,6-9H2,1H3. The first kappa shape index (κ1) is 12.8. The van der Waals surface area contributed by atoms with Crippen molar-refractivity contribution in [3.05, 3.63) is 36.9 Å². The highest BCUT2D eigenvalue weighted by atomic mass is 15.3. The minimum atomic E-state index is 0.607. The van der Waals surface area contributed by atoms with Crippen LogP contribution < -0.4 is 5.32 Å². The molecule has 0 radical (unpaired) electrons. The van der Waals surface area contributed by atoms with Crippen LogP contribution in [0, 0.1) is 0 Å². The van der Waals surface area contributed by atoms with Gasteiger partial charge in [-0.3, -0.25) is 0 Å². The summed E-state index contributed by atoms with van der Waals surface area (Å²) in [6, 6.07) is 10.6. The molecule has 2 bridgehead atoms. The van der Waals surface area contributed by atoms with Gasteiger partial charge in [0.25, 0.3) is 0 Å². The number of anilines is 1. The van der Waals surface area contributed by atoms with Crippen LogP contribution in [0.1, 0.15) is 25.7 Å². The first-order valence-electron chi connectivity index (χ1n) is 7.73. The first-order valence-corrected chi connectivity index (χ1v) is 7.73. The number of piperidine rings is 1. The highest BCUT2D eigenvalue weighted by Crippen LogP contribution is 2.35. The number of nitrogens with one attached hydrogen (secondary N) is 1. The average molecular weight is 283 g/mol. The largest absolute Gasteiger partial charge is 0.382 e. The van der Waals surface area contributed by atoms with Crippen molar-refractivity contribution in [3.63, 3.8) is 0 Å². The van der Waals surface area contributed by atoms with E-state index in [1.54, 1.807) is 17.3 Å². The molecule has 0 spiro atoms. The van der Waals surface area contributed by atoms with Crippen molar-refractivity contribution < 1.29 is 0 Å². The lowest BCUT2D eigenvalue weighted by atomic mass is 9.98. The SMILES string of the molecule is CN1C2CCC1CC(Nc1ccc(-n3cncn3)cc1)C2. The van der Waals surface area contributed by atoms with Gasteiger partial charge in [0.2, 0.25) is 0 Å². The predicted octanol–water partition coefficient (Wildman–Crippen LogP) is 2.30. The summed E-state index contributed by atoms with van der Waals surface area (Å²) in [5, 5.41) is 7.85. The molecule has 2 saturated heterocycles. The molecule has 2 atom stereocenters. The fourth-order valence-corrected chi connectivity index (χ4v) is 3.82. The second-order valence-corrected chi connectivity index (χ2v) is 6.25. The molecule has 0 aliphatic carbocycles. The number of fused-ring (bicyclic) bond motifs is 2. The van der Waals surface area contributed by atoms with Crippen LogP contribution in [0.5, 0.6) is 0 Å². The van der Waals surface area contributed by atoms with E-state index in [-0.39, 0.29) is 0 Å². The van der Waals surface area contributed by atoms with Crippen molar-refractivity contribution in [2.24, 2.45) is 0 Å². The summed E-state index contributed by atoms with van der Waals surface area (Å²) in [6.45, 7) is 0. The van der Waals surface area contributed by atoms with Crippen LogP contribution in [0.25, 0.3) is 5.69 Å². The molecule has 4 rings (SSSR count). The lowest BCUT2D eigenvalue weighted by molar-refractivity contribution is 0.169. The van der Waals surface area contributed by atoms with Gasteiger partial charge in [0.05, 0.1) is 5.69 Å². The lowest BCUT2D eigenvalue weighted by Gasteiger charge is -2.37. The van der Waals surface area contributed by atoms with Crippen molar-refractivity contribution in [2.45, 2.75) is 43.8 Å². The van der Waals surface area contributed by atoms with E-state index < -0.39 is 0 Å². The van der Waals surface area contributed by atoms with E-state index in [2.05, 4.69) is 51.6 Å². The molecule has 0 saturated carbocycles. The second kappa shape index (κ2) is 5.15. The maximum Gasteiger partial charge on any atom is 0.138 e. The molecule has 1 aromatic heterocycles. The maximum absolute atomic E-state index is 4.15. The summed E-state index contributed by atoms with van der Waals surface area (Å²) in [5.41, 5.74) is 2.24. The van der Waals surface area contributed by atoms with E-state index in [9.17, 15) is 0 Å². The van der Waals surface area contributed by atoms with E-state index in [0.29, 0.717) is 6.04 Å². The molecule has 1 aromatic carbocycles. The molecule has 0 amide bonds. The minimum absolute atomic E-state index is 0.607. The zero-order valence-corrected chi connectivity index (χ0v) is 12.3. The summed E-state index contributed by atoms with van der Waals surface area (Å²) in [4.78, 5) is 6.55. The summed E-state index contributed by atoms with van der Waals surface area (Å²) >= 11 is 0. The molecule has 5 heteroatoms. The van der Waals surface area contributed by atoms with E-state index in [1.807, 2.05) is 0 Å². The van der Waals surface area contributed by atoms with Crippen molar-refractivity contribution in [1.82, 2.24) is 19.7 Å². The molecular formula is C16H21N5. The lowest BCUT2D eigenvalue weighted by Crippen LogP contribution is -2.44. The Bertz CT molecular complexity index is 578. The summed E-state index contributed by atoms with van der Waals surface area (Å²) in [7, 11) is 2.28. The predicted molar refractivity (Wildman–Crippen MR) is 82.6 cm³/mol. The number of hydrogen-bond donors (Lipinski definition) is 1. The monoisotopic (exact) mass is 283 g/mol. The number of rotatable bonds is 3. The van der Waals surface area contributed by atoms with Crippen LogP contribution in [0.2, 0.25) is 0 Å². The Labute approximate surface area is 125 Å². The summed E-state index contributed by atoms with van der Waals surface area (Å²) < 4.78 is 1.78. The fraction of sp³-hybridized carbons (Fsp3) is 0.500. The molecule has 110 valence electrons. The zero-order chi connectivity index (χ0) is 14.2. The zero-order valence-electron chi connectivity index (χ0n) is 12.3. The highest BCUT2D eigenvalue weighted by molar-refractivity contribution is 5.49. The van der Waals surface area contributed by atoms with Gasteiger partial charge in [-0.15, -0.1) is 0 Å². The van der Waals surface area contributed by atoms with Gasteiger partial charge in [-0.2, -0.15) is 5.10 Å². The summed E-state index contributed by atoms with van der Waals surface area (Å²) in [5.74, 6) is 0. The minimum Gasteiger partial charge on any atom is -0.382 e. The second-order valence-electron chi connectivity index (χ2n) is 6.25. The first-order chi connectivity index (χ1) is 10.3. The smallest absolute Gasteiger partial charge is 0.138 e. The molecule has 3 heterocycles. The third-order valence-electron chi connectivity index (χ3n) is 5.02. The Hall–Kier alpha value is -1.88. The number of aromatic nitrogens is 3. The molecule has 2 aliphatic rings. The number of benzene rings is 1. The number of nitrogens with zero attached hydrogens (tertiary/aromatic N) is 4. The Balaban J connectivity index is 1.44. The van der Waals surface area contributed by atoms with Gasteiger partial charge >= 0.3 is 0 Å². The van der Waals surface area contributed by atoms with Gasteiger partial charge in [-0.05, 0) is 57.0 Å². The van der Waals surface area contributed by atoms with Gasteiger partial charge < -0.3 is 10.2 Å². The van der Waals surface area contributed by atoms with Gasteiger partial charge in [0.15, 0.2) is 0 Å². The van der Waals surface area contributed by atoms with Gasteiger partial charge in [-0.1, -0.05) is 0 Å². The number of hydrogen-bond acceptors (Lipinski definition) is 4. The molecule has 2 aliphatic heterocycles. The van der Waals surface area contributed by atoms with E-state index in [0.717, 1.165) is 17.8 Å². The quantitative estimate of drug-likeness (QED) is 0.939. The van der Waals surface area contributed by atoms with Crippen LogP contribution in [0.15, 0.2) is 36.9 Å². The fourth-order valence-electron chi connectivity index (χ4n) is 3.82. The van der Waals surface area contributed by atoms with E-state index >= 15 is 0 Å². The average Bonchev–Trinajstić information content (AvgIpc) is 3.08. The van der Waals surface area contributed by atoms with Crippen LogP contribution in [-0.4, -0.2) is 44.8 Å². The van der Waals surface area contributed by atoms with Crippen LogP contribution >= 0.6 is 0 Å². The maximum atomic E-state index is 4.15. The topological polar surface area (TPSA) is 46.0 Å². The van der Waals surface area contributed by atoms with Crippen LogP contribution in [0.3, 0.4) is 0 Å². The Morgan fingerprint density at radius 2 is 1.81 bits per heavy atom. The molecular weight excluding hydrogens is 262 g/mol. The third-order valence-corrected chi connectivity index (χ3v) is 5.02. The van der Waals surface area contributed by atoms with Crippen LogP contribution in [0.4, 0.5) is 5.69 Å². The van der Waals surface area contributed by atoms with Crippen molar-refractivity contribution in [1.29, 1.82) is 0 Å². The van der Waals surface area contributed by atoms with Crippen LogP contribution in [-0.2, 0) is 0 Å². The summed E-state index contributed by atoms with van der Waals surface area (Å²) in [6.07, 6.45) is 8.53. The Morgan fingerprint density at radius 1 is 1.10 bits per heavy atom. The van der Waals surface area contributed by atoms with Crippen molar-refractivity contribution in [3.8, 4) is 5.69 Å². The van der Waals surface area contributed by atoms with E-state index in [4.69, 9.17) is 0 Å². The van der Waals surface area contributed by atoms with Gasteiger partial charge in [-0.25, -0.2) is 9.67 Å². The molecule has 2 aromatic rings. The molecule has 1 N–H and O–H groups in total. The molecule has 2 unspecified atom stereocenters. The molecule has 21 heavy (non-hydrogen) atoms. The third kappa shape index (κ3) is 2.42. The Morgan fingerprint density at radius 3 is 2.43 bits per heavy atom. The van der Waals surface area contributed by atoms with Gasteiger partial charge in [0.1, 0.15) is 12.7 Å². The Kier molecular flexibility index (Phi) is 3.15.